The maximum Gasteiger partial charge on any atom is 0.246 e. The van der Waals surface area contributed by atoms with Crippen LogP contribution in [0.5, 0.6) is 0 Å². The predicted molar refractivity (Wildman–Crippen MR) is 379 cm³/mol. The fraction of sp³-hybridized carbons (Fsp3) is 0.814. The molecular weight excluding hydrogens is 1250 g/mol. The smallest absolute Gasteiger partial charge is 0.246 e. The number of nitrogens with one attached hydrogen (secondary N) is 4. The van der Waals surface area contributed by atoms with Gasteiger partial charge in [-0.15, -0.1) is 0 Å². The SMILES string of the molecule is C/C=C/C[C@@H](C)[C@@H](O)[C@H]1C(=O)N[C@@H](CC)C(=O)N(C)[C@H](CSCCN(CC)CC)C(=O)N(C)[C@@H](CC(C)(C)OC)C(=O)N[C@@H](C(C)C)C(=O)N(C)[C@@H](CC(C)C)C(=O)N[C@@H](C)C(=O)N[C@H](C)C(=O)N(C)[C@@H](CC(C)C)C(=O)N(C)[C@@H](CC(C)C)C(=O)N(C)[C@@H](C(C)C)C(=O)N1C. The monoisotopic (exact) mass is 1380 g/mol. The van der Waals surface area contributed by atoms with Crippen LogP contribution < -0.4 is 21.3 Å². The highest BCUT2D eigenvalue weighted by atomic mass is 32.2. The molecule has 1 fully saturated rings. The number of likely N-dealkylation sites (N-methyl/N-ethyl adjacent to an activating group) is 7. The van der Waals surface area contributed by atoms with Gasteiger partial charge < -0.3 is 70.3 Å². The summed E-state index contributed by atoms with van der Waals surface area (Å²) in [5.74, 6) is -9.29. The van der Waals surface area contributed by atoms with Gasteiger partial charge in [0, 0.05) is 80.9 Å². The molecule has 0 spiro atoms. The van der Waals surface area contributed by atoms with E-state index in [4.69, 9.17) is 4.74 Å². The molecule has 0 unspecified atom stereocenters. The molecule has 5 N–H and O–H groups in total. The van der Waals surface area contributed by atoms with Crippen molar-refractivity contribution in [2.75, 3.05) is 87.6 Å². The van der Waals surface area contributed by atoms with E-state index in [0.717, 1.165) is 18.0 Å². The summed E-state index contributed by atoms with van der Waals surface area (Å²) in [7, 11) is 11.5. The summed E-state index contributed by atoms with van der Waals surface area (Å²) >= 11 is 1.42. The molecule has 0 aromatic rings. The first-order valence-electron chi connectivity index (χ1n) is 34.7. The van der Waals surface area contributed by atoms with E-state index in [9.17, 15) is 24.3 Å². The number of aliphatic hydroxyl groups excluding tert-OH is 1. The Bertz CT molecular complexity index is 2600. The molecule has 26 heteroatoms. The number of thioether (sulfide) groups is 1. The third-order valence-electron chi connectivity index (χ3n) is 18.6. The summed E-state index contributed by atoms with van der Waals surface area (Å²) in [6.07, 6.45) is 2.69. The van der Waals surface area contributed by atoms with Gasteiger partial charge in [0.05, 0.1) is 11.7 Å². The summed E-state index contributed by atoms with van der Waals surface area (Å²) in [5, 5.41) is 23.5. The van der Waals surface area contributed by atoms with Crippen LogP contribution in [0.4, 0.5) is 0 Å². The van der Waals surface area contributed by atoms with E-state index in [1.807, 2.05) is 68.4 Å². The molecule has 552 valence electrons. The highest BCUT2D eigenvalue weighted by Gasteiger charge is 2.47. The average molecular weight is 1380 g/mol. The van der Waals surface area contributed by atoms with E-state index < -0.39 is 161 Å². The number of methoxy groups -OCH3 is 1. The first kappa shape index (κ1) is 88.2. The van der Waals surface area contributed by atoms with Crippen molar-refractivity contribution in [2.45, 2.75) is 248 Å². The van der Waals surface area contributed by atoms with Gasteiger partial charge in [-0.2, -0.15) is 11.8 Å². The van der Waals surface area contributed by atoms with E-state index in [-0.39, 0.29) is 55.6 Å². The zero-order chi connectivity index (χ0) is 74.3. The average Bonchev–Trinajstić information content (AvgIpc) is 0.949. The van der Waals surface area contributed by atoms with Gasteiger partial charge in [-0.1, -0.05) is 109 Å². The van der Waals surface area contributed by atoms with Crippen LogP contribution >= 0.6 is 11.8 Å². The number of aliphatic hydroxyl groups is 1. The zero-order valence-electron chi connectivity index (χ0n) is 63.7. The molecule has 0 aromatic carbocycles. The third-order valence-corrected chi connectivity index (χ3v) is 19.7. The number of nitrogens with zero attached hydrogens (tertiary/aromatic N) is 8. The minimum atomic E-state index is -1.65. The van der Waals surface area contributed by atoms with Crippen LogP contribution in [-0.2, 0) is 57.5 Å². The molecule has 1 rings (SSSR count). The quantitative estimate of drug-likeness (QED) is 0.0696. The van der Waals surface area contributed by atoms with Gasteiger partial charge in [0.1, 0.15) is 66.5 Å². The molecule has 1 saturated heterocycles. The molecule has 1 aliphatic heterocycles. The molecule has 0 bridgehead atoms. The minimum absolute atomic E-state index is 0.00838. The summed E-state index contributed by atoms with van der Waals surface area (Å²) in [6, 6.07) is -14.1. The zero-order valence-corrected chi connectivity index (χ0v) is 64.5. The van der Waals surface area contributed by atoms with Crippen molar-refractivity contribution in [3.05, 3.63) is 12.2 Å². The second kappa shape index (κ2) is 40.9. The van der Waals surface area contributed by atoms with Crippen molar-refractivity contribution in [3.63, 3.8) is 0 Å². The van der Waals surface area contributed by atoms with Crippen LogP contribution in [-0.4, -0.2) is 275 Å². The molecule has 13 atom stereocenters. The van der Waals surface area contributed by atoms with Gasteiger partial charge in [0.15, 0.2) is 0 Å². The number of carbonyl (C=O) groups is 11. The Kier molecular flexibility index (Phi) is 37.5. The first-order valence-corrected chi connectivity index (χ1v) is 35.8. The normalized spacial score (nSPS) is 26.2. The highest BCUT2D eigenvalue weighted by Crippen LogP contribution is 2.27. The van der Waals surface area contributed by atoms with Crippen molar-refractivity contribution < 1.29 is 62.6 Å². The summed E-state index contributed by atoms with van der Waals surface area (Å²) in [4.78, 5) is 176. The number of carbonyl (C=O) groups excluding carboxylic acids is 11. The van der Waals surface area contributed by atoms with Gasteiger partial charge in [-0.05, 0) is 115 Å². The number of hydrogen-bond acceptors (Lipinski definition) is 15. The van der Waals surface area contributed by atoms with Gasteiger partial charge in [0.2, 0.25) is 65.0 Å². The molecule has 0 saturated carbocycles. The maximum absolute atomic E-state index is 15.5. The predicted octanol–water partition coefficient (Wildman–Crippen LogP) is 4.48. The van der Waals surface area contributed by atoms with Crippen molar-refractivity contribution in [2.24, 2.45) is 35.5 Å². The molecular formula is C70H128N12O13S. The fourth-order valence-corrected chi connectivity index (χ4v) is 13.1. The van der Waals surface area contributed by atoms with Crippen LogP contribution in [0.25, 0.3) is 0 Å². The summed E-state index contributed by atoms with van der Waals surface area (Å²) < 4.78 is 5.85. The number of amides is 11. The molecule has 0 radical (unpaired) electrons. The molecule has 1 aliphatic rings. The Labute approximate surface area is 580 Å². The highest BCUT2D eigenvalue weighted by molar-refractivity contribution is 7.99. The third kappa shape index (κ3) is 25.1. The van der Waals surface area contributed by atoms with Crippen LogP contribution in [0.2, 0.25) is 0 Å². The van der Waals surface area contributed by atoms with Gasteiger partial charge >= 0.3 is 0 Å². The van der Waals surface area contributed by atoms with Crippen molar-refractivity contribution in [3.8, 4) is 0 Å². The Balaban J connectivity index is 4.62. The minimum Gasteiger partial charge on any atom is -0.390 e. The second-order valence-electron chi connectivity index (χ2n) is 28.9. The number of ether oxygens (including phenoxy) is 1. The Morgan fingerprint density at radius 1 is 0.521 bits per heavy atom. The standard InChI is InChI=1S/C70H128N12O13S/c1-28-32-33-46(15)58(83)57-62(87)73-49(29-2)64(89)79(24)54(40-96-35-34-82(30-3)31-4)67(92)78(23)53(39-70(18,19)95-27)61(86)74-55(44(11)12)68(93)75(20)50(36-41(5)6)60(85)71-47(16)59(84)72-48(17)63(88)76(21)51(37-42(7)8)65(90)77(22)52(38-43(9)10)66(91)80(25)56(45(13)14)69(94)81(57)26/h28,32,41-58,83H,29-31,33-40H2,1-27H3,(H,71,85)(H,72,84)(H,73,87)(H,74,86)/b32-28+/t46-,47+,48-,49+,50+,51+,52+,53+,54-,55+,56+,57+,58-/m1/s1. The Hall–Kier alpha value is -5.86. The summed E-state index contributed by atoms with van der Waals surface area (Å²) in [5.41, 5.74) is -1.04. The number of hydrogen-bond donors (Lipinski definition) is 5. The van der Waals surface area contributed by atoms with Crippen LogP contribution in [0, 0.1) is 35.5 Å². The van der Waals surface area contributed by atoms with Gasteiger partial charge in [0.25, 0.3) is 0 Å². The van der Waals surface area contributed by atoms with E-state index >= 15 is 33.6 Å². The van der Waals surface area contributed by atoms with Crippen molar-refractivity contribution >= 4 is 76.7 Å². The van der Waals surface area contributed by atoms with Crippen LogP contribution in [0.1, 0.15) is 170 Å². The van der Waals surface area contributed by atoms with E-state index in [1.54, 1.807) is 61.5 Å². The lowest BCUT2D eigenvalue weighted by Gasteiger charge is -2.41. The van der Waals surface area contributed by atoms with E-state index in [2.05, 4.69) is 26.2 Å². The van der Waals surface area contributed by atoms with Crippen molar-refractivity contribution in [1.82, 2.24) is 60.5 Å². The molecule has 96 heavy (non-hydrogen) atoms. The van der Waals surface area contributed by atoms with Gasteiger partial charge in [-0.3, -0.25) is 52.7 Å². The first-order chi connectivity index (χ1) is 44.5. The van der Waals surface area contributed by atoms with Crippen molar-refractivity contribution in [1.29, 1.82) is 0 Å². The lowest BCUT2D eigenvalue weighted by Crippen LogP contribution is -2.64. The Morgan fingerprint density at radius 3 is 1.43 bits per heavy atom. The number of rotatable bonds is 23. The molecule has 0 aliphatic carbocycles. The van der Waals surface area contributed by atoms with E-state index in [0.29, 0.717) is 18.7 Å². The van der Waals surface area contributed by atoms with E-state index in [1.165, 1.54) is 111 Å². The largest absolute Gasteiger partial charge is 0.390 e. The van der Waals surface area contributed by atoms with Crippen LogP contribution in [0.3, 0.4) is 0 Å². The molecule has 25 nitrogen and oxygen atoms in total. The summed E-state index contributed by atoms with van der Waals surface area (Å²) in [6.45, 7) is 36.0. The topological polar surface area (TPSA) is 291 Å². The lowest BCUT2D eigenvalue weighted by molar-refractivity contribution is -0.157. The van der Waals surface area contributed by atoms with Gasteiger partial charge in [-0.25, -0.2) is 0 Å². The molecule has 11 amide bonds. The molecule has 1 heterocycles. The number of allylic oxidation sites excluding steroid dienone is 2. The second-order valence-corrected chi connectivity index (χ2v) is 30.1. The fourth-order valence-electron chi connectivity index (χ4n) is 12.0. The Morgan fingerprint density at radius 2 is 0.958 bits per heavy atom. The maximum atomic E-state index is 15.5. The van der Waals surface area contributed by atoms with Crippen LogP contribution in [0.15, 0.2) is 12.2 Å². The lowest BCUT2D eigenvalue weighted by atomic mass is 9.91. The molecule has 0 aromatic heterocycles.